The van der Waals surface area contributed by atoms with Crippen molar-refractivity contribution in [2.45, 2.75) is 14.4 Å². The van der Waals surface area contributed by atoms with Gasteiger partial charge in [-0.15, -0.1) is 10.2 Å². The van der Waals surface area contributed by atoms with Gasteiger partial charge in [0, 0.05) is 16.3 Å². The molecular weight excluding hydrogens is 468 g/mol. The number of fused-ring (bicyclic) bond motifs is 1. The van der Waals surface area contributed by atoms with E-state index < -0.39 is 0 Å². The maximum atomic E-state index is 12.0. The Bertz CT molecular complexity index is 1220. The number of hydrazone groups is 1. The van der Waals surface area contributed by atoms with Crippen molar-refractivity contribution >= 4 is 69.4 Å². The summed E-state index contributed by atoms with van der Waals surface area (Å²) in [6, 6.07) is 22.0. The van der Waals surface area contributed by atoms with Crippen molar-refractivity contribution in [1.82, 2.24) is 15.6 Å². The Balaban J connectivity index is 1.26. The molecular formula is C22H17ClN4OS3. The van der Waals surface area contributed by atoms with E-state index in [1.165, 1.54) is 45.6 Å². The van der Waals surface area contributed by atoms with Gasteiger partial charge in [0.25, 0.3) is 5.91 Å². The van der Waals surface area contributed by atoms with Gasteiger partial charge in [0.15, 0.2) is 8.68 Å². The summed E-state index contributed by atoms with van der Waals surface area (Å²) >= 11 is 10.5. The molecule has 5 nitrogen and oxygen atoms in total. The molecule has 1 amide bonds. The Morgan fingerprint density at radius 1 is 1.00 bits per heavy atom. The second kappa shape index (κ2) is 10.8. The topological polar surface area (TPSA) is 67.2 Å². The summed E-state index contributed by atoms with van der Waals surface area (Å²) in [7, 11) is 0. The summed E-state index contributed by atoms with van der Waals surface area (Å²) in [5, 5.41) is 15.4. The average Bonchev–Trinajstić information content (AvgIpc) is 3.25. The van der Waals surface area contributed by atoms with Gasteiger partial charge in [0.05, 0.1) is 12.0 Å². The van der Waals surface area contributed by atoms with Crippen LogP contribution in [0.4, 0.5) is 0 Å². The van der Waals surface area contributed by atoms with Crippen molar-refractivity contribution in [1.29, 1.82) is 0 Å². The first-order chi connectivity index (χ1) is 15.2. The Morgan fingerprint density at radius 2 is 1.74 bits per heavy atom. The van der Waals surface area contributed by atoms with E-state index in [9.17, 15) is 4.79 Å². The van der Waals surface area contributed by atoms with Gasteiger partial charge in [-0.25, -0.2) is 5.43 Å². The number of nitrogens with zero attached hydrogens (tertiary/aromatic N) is 3. The fourth-order valence-electron chi connectivity index (χ4n) is 2.78. The quantitative estimate of drug-likeness (QED) is 0.192. The van der Waals surface area contributed by atoms with Crippen LogP contribution in [0.15, 0.2) is 80.5 Å². The lowest BCUT2D eigenvalue weighted by Gasteiger charge is -2.04. The summed E-state index contributed by atoms with van der Waals surface area (Å²) in [5.74, 6) is 0.814. The first-order valence-electron chi connectivity index (χ1n) is 9.31. The van der Waals surface area contributed by atoms with Gasteiger partial charge in [-0.05, 0) is 22.4 Å². The molecule has 156 valence electrons. The van der Waals surface area contributed by atoms with Crippen LogP contribution in [-0.2, 0) is 10.5 Å². The number of aromatic nitrogens is 2. The van der Waals surface area contributed by atoms with E-state index in [-0.39, 0.29) is 11.7 Å². The number of halogens is 1. The lowest BCUT2D eigenvalue weighted by atomic mass is 10.1. The zero-order valence-corrected chi connectivity index (χ0v) is 19.4. The van der Waals surface area contributed by atoms with Crippen LogP contribution < -0.4 is 5.43 Å². The third-order valence-electron chi connectivity index (χ3n) is 4.24. The van der Waals surface area contributed by atoms with Crippen LogP contribution >= 0.6 is 46.5 Å². The monoisotopic (exact) mass is 484 g/mol. The highest BCUT2D eigenvalue weighted by Crippen LogP contribution is 2.32. The highest BCUT2D eigenvalue weighted by atomic mass is 35.5. The normalized spacial score (nSPS) is 11.3. The molecule has 0 saturated carbocycles. The number of amides is 1. The van der Waals surface area contributed by atoms with Crippen LogP contribution in [0, 0.1) is 0 Å². The second-order valence-corrected chi connectivity index (χ2v) is 10.2. The SMILES string of the molecule is O=C(CSc1nnc(SCc2cccc3ccccc23)s1)NN=Cc1ccccc1Cl. The molecule has 0 radical (unpaired) electrons. The third-order valence-corrected chi connectivity index (χ3v) is 7.83. The molecule has 4 rings (SSSR count). The van der Waals surface area contributed by atoms with Crippen molar-refractivity contribution in [3.63, 3.8) is 0 Å². The minimum absolute atomic E-state index is 0.211. The Kier molecular flexibility index (Phi) is 7.58. The summed E-state index contributed by atoms with van der Waals surface area (Å²) in [6.07, 6.45) is 1.53. The number of rotatable bonds is 8. The summed E-state index contributed by atoms with van der Waals surface area (Å²) in [5.41, 5.74) is 4.51. The first kappa shape index (κ1) is 21.8. The zero-order valence-electron chi connectivity index (χ0n) is 16.2. The summed E-state index contributed by atoms with van der Waals surface area (Å²) < 4.78 is 1.64. The predicted molar refractivity (Wildman–Crippen MR) is 131 cm³/mol. The summed E-state index contributed by atoms with van der Waals surface area (Å²) in [4.78, 5) is 12.0. The molecule has 0 bridgehead atoms. The molecule has 0 unspecified atom stereocenters. The van der Waals surface area contributed by atoms with E-state index in [1.54, 1.807) is 17.8 Å². The van der Waals surface area contributed by atoms with Crippen LogP contribution in [-0.4, -0.2) is 28.1 Å². The van der Waals surface area contributed by atoms with E-state index in [2.05, 4.69) is 57.1 Å². The molecule has 31 heavy (non-hydrogen) atoms. The molecule has 0 atom stereocenters. The highest BCUT2D eigenvalue weighted by molar-refractivity contribution is 8.03. The molecule has 1 heterocycles. The van der Waals surface area contributed by atoms with Gasteiger partial charge in [-0.3, -0.25) is 4.79 Å². The van der Waals surface area contributed by atoms with Crippen molar-refractivity contribution in [3.05, 3.63) is 82.9 Å². The fraction of sp³-hybridized carbons (Fsp3) is 0.0909. The molecule has 9 heteroatoms. The molecule has 1 N–H and O–H groups in total. The number of hydrogen-bond donors (Lipinski definition) is 1. The molecule has 0 saturated heterocycles. The van der Waals surface area contributed by atoms with Crippen LogP contribution in [0.3, 0.4) is 0 Å². The lowest BCUT2D eigenvalue weighted by Crippen LogP contribution is -2.19. The van der Waals surface area contributed by atoms with Crippen LogP contribution in [0.1, 0.15) is 11.1 Å². The van der Waals surface area contributed by atoms with Gasteiger partial charge in [0.1, 0.15) is 0 Å². The van der Waals surface area contributed by atoms with E-state index in [0.29, 0.717) is 5.02 Å². The van der Waals surface area contributed by atoms with Crippen LogP contribution in [0.25, 0.3) is 10.8 Å². The molecule has 0 aliphatic carbocycles. The number of benzene rings is 3. The van der Waals surface area contributed by atoms with Gasteiger partial charge in [0.2, 0.25) is 0 Å². The zero-order chi connectivity index (χ0) is 21.5. The van der Waals surface area contributed by atoms with Crippen molar-refractivity contribution < 1.29 is 4.79 Å². The Labute approximate surface area is 197 Å². The van der Waals surface area contributed by atoms with E-state index in [0.717, 1.165) is 20.0 Å². The molecule has 3 aromatic carbocycles. The summed E-state index contributed by atoms with van der Waals surface area (Å²) in [6.45, 7) is 0. The minimum Gasteiger partial charge on any atom is -0.272 e. The first-order valence-corrected chi connectivity index (χ1v) is 12.5. The molecule has 0 fully saturated rings. The standard InChI is InChI=1S/C22H17ClN4OS3/c23-19-11-4-2-7-16(19)12-24-25-20(28)14-30-22-27-26-21(31-22)29-13-17-9-5-8-15-6-1-3-10-18(15)17/h1-12H,13-14H2,(H,25,28). The molecule has 4 aromatic rings. The molecule has 0 aliphatic rings. The Morgan fingerprint density at radius 3 is 2.61 bits per heavy atom. The molecule has 0 aliphatic heterocycles. The van der Waals surface area contributed by atoms with Gasteiger partial charge >= 0.3 is 0 Å². The van der Waals surface area contributed by atoms with Crippen LogP contribution in [0.5, 0.6) is 0 Å². The van der Waals surface area contributed by atoms with Crippen molar-refractivity contribution in [2.75, 3.05) is 5.75 Å². The maximum Gasteiger partial charge on any atom is 0.250 e. The van der Waals surface area contributed by atoms with Crippen LogP contribution in [0.2, 0.25) is 5.02 Å². The van der Waals surface area contributed by atoms with E-state index in [4.69, 9.17) is 11.6 Å². The highest BCUT2D eigenvalue weighted by Gasteiger charge is 2.09. The number of carbonyl (C=O) groups excluding carboxylic acids is 1. The van der Waals surface area contributed by atoms with Gasteiger partial charge in [-0.2, -0.15) is 5.10 Å². The largest absolute Gasteiger partial charge is 0.272 e. The maximum absolute atomic E-state index is 12.0. The number of hydrogen-bond acceptors (Lipinski definition) is 7. The van der Waals surface area contributed by atoms with Crippen molar-refractivity contribution in [2.24, 2.45) is 5.10 Å². The smallest absolute Gasteiger partial charge is 0.250 e. The van der Waals surface area contributed by atoms with E-state index >= 15 is 0 Å². The molecule has 1 aromatic heterocycles. The second-order valence-electron chi connectivity index (χ2n) is 6.36. The number of thioether (sulfide) groups is 2. The number of carbonyl (C=O) groups is 1. The van der Waals surface area contributed by atoms with Crippen molar-refractivity contribution in [3.8, 4) is 0 Å². The predicted octanol–water partition coefficient (Wildman–Crippen LogP) is 5.88. The third kappa shape index (κ3) is 6.07. The Hall–Kier alpha value is -2.39. The van der Waals surface area contributed by atoms with Gasteiger partial charge in [-0.1, -0.05) is 107 Å². The van der Waals surface area contributed by atoms with E-state index in [1.807, 2.05) is 24.3 Å². The average molecular weight is 485 g/mol. The molecule has 0 spiro atoms. The minimum atomic E-state index is -0.214. The fourth-order valence-corrected chi connectivity index (χ4v) is 5.79. The number of nitrogens with one attached hydrogen (secondary N) is 1. The lowest BCUT2D eigenvalue weighted by molar-refractivity contribution is -0.118. The van der Waals surface area contributed by atoms with Gasteiger partial charge < -0.3 is 0 Å².